The van der Waals surface area contributed by atoms with Crippen LogP contribution in [0.15, 0.2) is 18.2 Å². The highest BCUT2D eigenvalue weighted by Gasteiger charge is 2.25. The Labute approximate surface area is 133 Å². The summed E-state index contributed by atoms with van der Waals surface area (Å²) in [6.45, 7) is 0.944. The number of methoxy groups -OCH3 is 1. The molecule has 0 bridgehead atoms. The van der Waals surface area contributed by atoms with Gasteiger partial charge < -0.3 is 10.1 Å². The van der Waals surface area contributed by atoms with Gasteiger partial charge in [0.25, 0.3) is 0 Å². The van der Waals surface area contributed by atoms with Crippen molar-refractivity contribution in [1.29, 1.82) is 0 Å². The van der Waals surface area contributed by atoms with Crippen molar-refractivity contribution in [2.24, 2.45) is 5.92 Å². The average Bonchev–Trinajstić information content (AvgIpc) is 2.53. The van der Waals surface area contributed by atoms with Gasteiger partial charge >= 0.3 is 0 Å². The zero-order valence-corrected chi connectivity index (χ0v) is 14.0. The lowest BCUT2D eigenvalue weighted by molar-refractivity contribution is 0.376. The number of sulfone groups is 1. The first-order valence-electron chi connectivity index (χ1n) is 8.15. The fourth-order valence-electron chi connectivity index (χ4n) is 3.51. The topological polar surface area (TPSA) is 55.4 Å². The van der Waals surface area contributed by atoms with Gasteiger partial charge in [0, 0.05) is 6.04 Å². The minimum Gasteiger partial charge on any atom is -0.497 e. The molecule has 1 unspecified atom stereocenters. The third-order valence-corrected chi connectivity index (χ3v) is 6.73. The third-order valence-electron chi connectivity index (χ3n) is 5.01. The van der Waals surface area contributed by atoms with Crippen LogP contribution in [0.4, 0.5) is 0 Å². The van der Waals surface area contributed by atoms with Gasteiger partial charge in [-0.05, 0) is 67.8 Å². The van der Waals surface area contributed by atoms with Gasteiger partial charge in [-0.25, -0.2) is 8.42 Å². The Balaban J connectivity index is 1.52. The van der Waals surface area contributed by atoms with Crippen LogP contribution in [0.3, 0.4) is 0 Å². The van der Waals surface area contributed by atoms with Crippen LogP contribution in [0.1, 0.15) is 30.4 Å². The van der Waals surface area contributed by atoms with Crippen molar-refractivity contribution in [2.45, 2.75) is 38.1 Å². The highest BCUT2D eigenvalue weighted by atomic mass is 32.2. The summed E-state index contributed by atoms with van der Waals surface area (Å²) in [5, 5.41) is 3.66. The van der Waals surface area contributed by atoms with Gasteiger partial charge in [0.1, 0.15) is 15.6 Å². The summed E-state index contributed by atoms with van der Waals surface area (Å²) in [6, 6.07) is 6.86. The second-order valence-corrected chi connectivity index (χ2v) is 8.88. The van der Waals surface area contributed by atoms with Gasteiger partial charge in [-0.1, -0.05) is 6.07 Å². The summed E-state index contributed by atoms with van der Waals surface area (Å²) in [6.07, 6.45) is 4.93. The standard InChI is InChI=1S/C17H25NO3S/c1-21-17-5-3-14-2-4-16(10-15(14)11-17)18-12-13-6-8-22(19,20)9-7-13/h3,5,11,13,16,18H,2,4,6-10,12H2,1H3. The molecule has 1 aliphatic carbocycles. The van der Waals surface area contributed by atoms with E-state index in [0.717, 1.165) is 44.4 Å². The largest absolute Gasteiger partial charge is 0.497 e. The van der Waals surface area contributed by atoms with Crippen LogP contribution in [0.2, 0.25) is 0 Å². The summed E-state index contributed by atoms with van der Waals surface area (Å²) >= 11 is 0. The van der Waals surface area contributed by atoms with E-state index in [2.05, 4.69) is 17.4 Å². The Kier molecular flexibility index (Phi) is 4.73. The van der Waals surface area contributed by atoms with Gasteiger partial charge in [0.2, 0.25) is 0 Å². The molecule has 0 radical (unpaired) electrons. The molecule has 5 heteroatoms. The molecule has 1 aromatic rings. The van der Waals surface area contributed by atoms with Crippen molar-refractivity contribution in [3.63, 3.8) is 0 Å². The highest BCUT2D eigenvalue weighted by Crippen LogP contribution is 2.26. The van der Waals surface area contributed by atoms with E-state index in [9.17, 15) is 8.42 Å². The van der Waals surface area contributed by atoms with E-state index in [1.807, 2.05) is 6.07 Å². The maximum absolute atomic E-state index is 11.5. The molecular weight excluding hydrogens is 298 g/mol. The Bertz CT molecular complexity index is 613. The maximum atomic E-state index is 11.5. The fraction of sp³-hybridized carbons (Fsp3) is 0.647. The number of hydrogen-bond acceptors (Lipinski definition) is 4. The molecule has 22 heavy (non-hydrogen) atoms. The molecule has 1 fully saturated rings. The first-order valence-corrected chi connectivity index (χ1v) is 9.97. The van der Waals surface area contributed by atoms with Gasteiger partial charge in [-0.15, -0.1) is 0 Å². The van der Waals surface area contributed by atoms with Crippen LogP contribution < -0.4 is 10.1 Å². The normalized spacial score (nSPS) is 24.7. The molecule has 0 spiro atoms. The number of ether oxygens (including phenoxy) is 1. The zero-order chi connectivity index (χ0) is 15.6. The van der Waals surface area contributed by atoms with Gasteiger partial charge in [0.05, 0.1) is 18.6 Å². The molecule has 0 aromatic heterocycles. The lowest BCUT2D eigenvalue weighted by Gasteiger charge is -2.29. The van der Waals surface area contributed by atoms with Crippen molar-refractivity contribution in [2.75, 3.05) is 25.2 Å². The van der Waals surface area contributed by atoms with E-state index in [0.29, 0.717) is 23.5 Å². The summed E-state index contributed by atoms with van der Waals surface area (Å²) < 4.78 is 28.2. The lowest BCUT2D eigenvalue weighted by Crippen LogP contribution is -2.39. The molecule has 0 saturated carbocycles. The predicted molar refractivity (Wildman–Crippen MR) is 88.2 cm³/mol. The van der Waals surface area contributed by atoms with E-state index < -0.39 is 9.84 Å². The minimum absolute atomic E-state index is 0.365. The molecule has 1 heterocycles. The van der Waals surface area contributed by atoms with E-state index in [1.54, 1.807) is 7.11 Å². The first kappa shape index (κ1) is 15.8. The van der Waals surface area contributed by atoms with Crippen LogP contribution in [0.5, 0.6) is 5.75 Å². The molecule has 4 nitrogen and oxygen atoms in total. The van der Waals surface area contributed by atoms with Gasteiger partial charge in [0.15, 0.2) is 0 Å². The average molecular weight is 323 g/mol. The van der Waals surface area contributed by atoms with Crippen LogP contribution in [-0.4, -0.2) is 39.6 Å². The predicted octanol–water partition coefficient (Wildman–Crippen LogP) is 1.97. The Morgan fingerprint density at radius 2 is 1.95 bits per heavy atom. The van der Waals surface area contributed by atoms with Crippen LogP contribution in [0.25, 0.3) is 0 Å². The molecule has 1 atom stereocenters. The molecule has 3 rings (SSSR count). The second kappa shape index (κ2) is 6.59. The maximum Gasteiger partial charge on any atom is 0.150 e. The molecule has 1 N–H and O–H groups in total. The number of hydrogen-bond donors (Lipinski definition) is 1. The number of nitrogens with one attached hydrogen (secondary N) is 1. The molecule has 1 aromatic carbocycles. The van der Waals surface area contributed by atoms with E-state index in [4.69, 9.17) is 4.74 Å². The Morgan fingerprint density at radius 3 is 2.68 bits per heavy atom. The summed E-state index contributed by atoms with van der Waals surface area (Å²) in [5.74, 6) is 2.17. The molecule has 1 aliphatic heterocycles. The smallest absolute Gasteiger partial charge is 0.150 e. The van der Waals surface area contributed by atoms with E-state index >= 15 is 0 Å². The van der Waals surface area contributed by atoms with Crippen molar-refractivity contribution >= 4 is 9.84 Å². The van der Waals surface area contributed by atoms with Crippen LogP contribution in [-0.2, 0) is 22.7 Å². The van der Waals surface area contributed by atoms with Crippen molar-refractivity contribution in [3.05, 3.63) is 29.3 Å². The Morgan fingerprint density at radius 1 is 1.18 bits per heavy atom. The summed E-state index contributed by atoms with van der Waals surface area (Å²) in [7, 11) is -1.04. The van der Waals surface area contributed by atoms with Crippen molar-refractivity contribution in [3.8, 4) is 5.75 Å². The number of fused-ring (bicyclic) bond motifs is 1. The third kappa shape index (κ3) is 3.82. The molecule has 1 saturated heterocycles. The number of rotatable bonds is 4. The molecule has 0 amide bonds. The molecule has 2 aliphatic rings. The number of aryl methyl sites for hydroxylation is 1. The van der Waals surface area contributed by atoms with E-state index in [-0.39, 0.29) is 0 Å². The van der Waals surface area contributed by atoms with Crippen molar-refractivity contribution < 1.29 is 13.2 Å². The quantitative estimate of drug-likeness (QED) is 0.920. The van der Waals surface area contributed by atoms with Crippen LogP contribution >= 0.6 is 0 Å². The van der Waals surface area contributed by atoms with Gasteiger partial charge in [-0.3, -0.25) is 0 Å². The summed E-state index contributed by atoms with van der Waals surface area (Å²) in [4.78, 5) is 0. The van der Waals surface area contributed by atoms with Crippen molar-refractivity contribution in [1.82, 2.24) is 5.32 Å². The Hall–Kier alpha value is -1.07. The molecular formula is C17H25NO3S. The minimum atomic E-state index is -2.75. The lowest BCUT2D eigenvalue weighted by atomic mass is 9.87. The number of benzene rings is 1. The fourth-order valence-corrected chi connectivity index (χ4v) is 5.10. The SMILES string of the molecule is COc1ccc2c(c1)CC(NCC1CCS(=O)(=O)CC1)CC2. The monoisotopic (exact) mass is 323 g/mol. The van der Waals surface area contributed by atoms with Crippen LogP contribution in [0, 0.1) is 5.92 Å². The molecule has 122 valence electrons. The van der Waals surface area contributed by atoms with Gasteiger partial charge in [-0.2, -0.15) is 0 Å². The second-order valence-electron chi connectivity index (χ2n) is 6.58. The summed E-state index contributed by atoms with van der Waals surface area (Å²) in [5.41, 5.74) is 2.82. The van der Waals surface area contributed by atoms with E-state index in [1.165, 1.54) is 11.1 Å². The highest BCUT2D eigenvalue weighted by molar-refractivity contribution is 7.91. The zero-order valence-electron chi connectivity index (χ0n) is 13.2. The first-order chi connectivity index (χ1) is 10.6.